The topological polar surface area (TPSA) is 66.9 Å². The molecule has 0 saturated carbocycles. The number of benzene rings is 1. The molecule has 0 bridgehead atoms. The molecule has 0 amide bonds. The Morgan fingerprint density at radius 3 is 2.08 bits per heavy atom. The van der Waals surface area contributed by atoms with Crippen LogP contribution in [0, 0.1) is 13.8 Å². The van der Waals surface area contributed by atoms with E-state index in [0.29, 0.717) is 52.1 Å². The second-order valence-corrected chi connectivity index (χ2v) is 5.48. The Kier molecular flexibility index (Phi) is 5.85. The number of rotatable bonds is 7. The fraction of sp³-hybridized carbons (Fsp3) is 0.368. The maximum Gasteiger partial charge on any atom is 0.223 e. The summed E-state index contributed by atoms with van der Waals surface area (Å²) in [6, 6.07) is 5.17. The van der Waals surface area contributed by atoms with Crippen molar-refractivity contribution in [3.8, 4) is 28.9 Å². The lowest BCUT2D eigenvalue weighted by atomic mass is 10.0. The maximum absolute atomic E-state index is 12.2. The van der Waals surface area contributed by atoms with Gasteiger partial charge in [-0.25, -0.2) is 4.98 Å². The minimum Gasteiger partial charge on any atom is -0.496 e. The smallest absolute Gasteiger partial charge is 0.223 e. The van der Waals surface area contributed by atoms with Gasteiger partial charge in [0.15, 0.2) is 17.3 Å². The van der Waals surface area contributed by atoms with Gasteiger partial charge in [0.25, 0.3) is 0 Å². The van der Waals surface area contributed by atoms with Crippen LogP contribution in [-0.2, 0) is 0 Å². The Morgan fingerprint density at radius 2 is 1.60 bits per heavy atom. The summed E-state index contributed by atoms with van der Waals surface area (Å²) in [5, 5.41) is 0. The van der Waals surface area contributed by atoms with Crippen molar-refractivity contribution >= 4 is 5.78 Å². The molecular formula is C19H23NO5. The number of Topliss-reactive ketones (excluding diaryl/α,β-unsaturated/α-hetero) is 1. The van der Waals surface area contributed by atoms with Gasteiger partial charge in [0.2, 0.25) is 11.6 Å². The molecule has 0 aliphatic rings. The predicted octanol–water partition coefficient (Wildman–Crippen LogP) is 4.11. The molecule has 0 spiro atoms. The fourth-order valence-corrected chi connectivity index (χ4v) is 2.46. The highest BCUT2D eigenvalue weighted by Crippen LogP contribution is 2.43. The summed E-state index contributed by atoms with van der Waals surface area (Å²) in [5.74, 6) is 2.24. The Labute approximate surface area is 147 Å². The number of carbonyl (C=O) groups excluding carboxylic acids is 1. The SMILES string of the molecule is CCC(=O)c1cc(C)nc(Oc2c(OC)cc(OC)cc2OC)c1C. The van der Waals surface area contributed by atoms with Gasteiger partial charge in [0.05, 0.1) is 21.3 Å². The lowest BCUT2D eigenvalue weighted by Crippen LogP contribution is -2.05. The van der Waals surface area contributed by atoms with Crippen molar-refractivity contribution in [2.45, 2.75) is 27.2 Å². The van der Waals surface area contributed by atoms with Crippen molar-refractivity contribution in [3.63, 3.8) is 0 Å². The molecule has 2 rings (SSSR count). The molecule has 6 nitrogen and oxygen atoms in total. The lowest BCUT2D eigenvalue weighted by molar-refractivity contribution is 0.0987. The van der Waals surface area contributed by atoms with Crippen molar-refractivity contribution < 1.29 is 23.7 Å². The van der Waals surface area contributed by atoms with Crippen LogP contribution in [0.25, 0.3) is 0 Å². The number of hydrogen-bond donors (Lipinski definition) is 0. The molecule has 0 unspecified atom stereocenters. The lowest BCUT2D eigenvalue weighted by Gasteiger charge is -2.17. The molecule has 1 aromatic heterocycles. The molecule has 6 heteroatoms. The average Bonchev–Trinajstić information content (AvgIpc) is 2.63. The number of methoxy groups -OCH3 is 3. The van der Waals surface area contributed by atoms with Crippen LogP contribution in [0.3, 0.4) is 0 Å². The zero-order chi connectivity index (χ0) is 18.6. The molecule has 0 fully saturated rings. The largest absolute Gasteiger partial charge is 0.496 e. The van der Waals surface area contributed by atoms with Crippen LogP contribution < -0.4 is 18.9 Å². The van der Waals surface area contributed by atoms with Crippen molar-refractivity contribution in [1.29, 1.82) is 0 Å². The van der Waals surface area contributed by atoms with Crippen molar-refractivity contribution in [3.05, 3.63) is 35.0 Å². The molecule has 2 aromatic rings. The fourth-order valence-electron chi connectivity index (χ4n) is 2.46. The number of hydrogen-bond acceptors (Lipinski definition) is 6. The second kappa shape index (κ2) is 7.88. The molecule has 0 aliphatic carbocycles. The molecule has 0 radical (unpaired) electrons. The monoisotopic (exact) mass is 345 g/mol. The normalized spacial score (nSPS) is 10.3. The molecule has 25 heavy (non-hydrogen) atoms. The number of carbonyl (C=O) groups is 1. The van der Waals surface area contributed by atoms with E-state index in [4.69, 9.17) is 18.9 Å². The summed E-state index contributed by atoms with van der Waals surface area (Å²) >= 11 is 0. The maximum atomic E-state index is 12.2. The predicted molar refractivity (Wildman–Crippen MR) is 94.5 cm³/mol. The first-order valence-corrected chi connectivity index (χ1v) is 7.94. The second-order valence-electron chi connectivity index (χ2n) is 5.48. The van der Waals surface area contributed by atoms with E-state index in [0.717, 1.165) is 0 Å². The third-order valence-corrected chi connectivity index (χ3v) is 3.85. The minimum atomic E-state index is 0.0431. The third kappa shape index (κ3) is 3.84. The van der Waals surface area contributed by atoms with Crippen LogP contribution >= 0.6 is 0 Å². The molecular weight excluding hydrogens is 322 g/mol. The average molecular weight is 345 g/mol. The van der Waals surface area contributed by atoms with E-state index >= 15 is 0 Å². The minimum absolute atomic E-state index is 0.0431. The Bertz CT molecular complexity index is 761. The first-order valence-electron chi connectivity index (χ1n) is 7.94. The van der Waals surface area contributed by atoms with Gasteiger partial charge in [-0.15, -0.1) is 0 Å². The Morgan fingerprint density at radius 1 is 1.00 bits per heavy atom. The van der Waals surface area contributed by atoms with E-state index in [1.807, 2.05) is 20.8 Å². The molecule has 134 valence electrons. The number of aromatic nitrogens is 1. The van der Waals surface area contributed by atoms with E-state index in [9.17, 15) is 4.79 Å². The van der Waals surface area contributed by atoms with Crippen LogP contribution in [-0.4, -0.2) is 32.1 Å². The molecule has 0 aliphatic heterocycles. The van der Waals surface area contributed by atoms with E-state index in [1.165, 1.54) is 14.2 Å². The van der Waals surface area contributed by atoms with Crippen molar-refractivity contribution in [1.82, 2.24) is 4.98 Å². The standard InChI is InChI=1S/C19H23NO5/c1-7-15(21)14-8-11(2)20-19(12(14)3)25-18-16(23-5)9-13(22-4)10-17(18)24-6/h8-10H,7H2,1-6H3. The van der Waals surface area contributed by atoms with Gasteiger partial charge in [0.1, 0.15) is 5.75 Å². The van der Waals surface area contributed by atoms with Gasteiger partial charge < -0.3 is 18.9 Å². The van der Waals surface area contributed by atoms with E-state index in [2.05, 4.69) is 4.98 Å². The van der Waals surface area contributed by atoms with Gasteiger partial charge in [-0.1, -0.05) is 6.92 Å². The van der Waals surface area contributed by atoms with Crippen molar-refractivity contribution in [2.75, 3.05) is 21.3 Å². The number of ether oxygens (including phenoxy) is 4. The molecule has 1 aromatic carbocycles. The number of ketones is 1. The molecule has 1 heterocycles. The van der Waals surface area contributed by atoms with Gasteiger partial charge in [-0.05, 0) is 19.9 Å². The van der Waals surface area contributed by atoms with Gasteiger partial charge in [-0.3, -0.25) is 4.79 Å². The quantitative estimate of drug-likeness (QED) is 0.704. The summed E-state index contributed by atoms with van der Waals surface area (Å²) in [4.78, 5) is 16.6. The van der Waals surface area contributed by atoms with E-state index in [-0.39, 0.29) is 5.78 Å². The summed E-state index contributed by atoms with van der Waals surface area (Å²) in [5.41, 5.74) is 1.98. The van der Waals surface area contributed by atoms with E-state index in [1.54, 1.807) is 25.3 Å². The van der Waals surface area contributed by atoms with Crippen LogP contribution in [0.5, 0.6) is 28.9 Å². The van der Waals surface area contributed by atoms with Gasteiger partial charge in [0, 0.05) is 35.4 Å². The molecule has 0 atom stereocenters. The third-order valence-electron chi connectivity index (χ3n) is 3.85. The molecule has 0 N–H and O–H groups in total. The van der Waals surface area contributed by atoms with E-state index < -0.39 is 0 Å². The van der Waals surface area contributed by atoms with Gasteiger partial charge >= 0.3 is 0 Å². The summed E-state index contributed by atoms with van der Waals surface area (Å²) in [6.07, 6.45) is 0.416. The van der Waals surface area contributed by atoms with Crippen LogP contribution in [0.4, 0.5) is 0 Å². The highest BCUT2D eigenvalue weighted by Gasteiger charge is 2.20. The zero-order valence-electron chi connectivity index (χ0n) is 15.4. The number of aryl methyl sites for hydroxylation is 1. The van der Waals surface area contributed by atoms with Crippen molar-refractivity contribution in [2.24, 2.45) is 0 Å². The highest BCUT2D eigenvalue weighted by atomic mass is 16.5. The first kappa shape index (κ1) is 18.6. The summed E-state index contributed by atoms with van der Waals surface area (Å²) in [7, 11) is 4.62. The Hall–Kier alpha value is -2.76. The summed E-state index contributed by atoms with van der Waals surface area (Å²) in [6.45, 7) is 5.46. The zero-order valence-corrected chi connectivity index (χ0v) is 15.4. The highest BCUT2D eigenvalue weighted by molar-refractivity contribution is 5.97. The Balaban J connectivity index is 2.56. The number of nitrogens with zero attached hydrogens (tertiary/aromatic N) is 1. The van der Waals surface area contributed by atoms with Crippen LogP contribution in [0.15, 0.2) is 18.2 Å². The van der Waals surface area contributed by atoms with Crippen LogP contribution in [0.2, 0.25) is 0 Å². The molecule has 0 saturated heterocycles. The summed E-state index contributed by atoms with van der Waals surface area (Å²) < 4.78 is 22.0. The van der Waals surface area contributed by atoms with Crippen LogP contribution in [0.1, 0.15) is 35.0 Å². The number of pyridine rings is 1. The first-order chi connectivity index (χ1) is 11.9. The van der Waals surface area contributed by atoms with Gasteiger partial charge in [-0.2, -0.15) is 0 Å².